The van der Waals surface area contributed by atoms with Crippen LogP contribution in [0.4, 0.5) is 0 Å². The predicted molar refractivity (Wildman–Crippen MR) is 59.6 cm³/mol. The Morgan fingerprint density at radius 1 is 1.47 bits per heavy atom. The van der Waals surface area contributed by atoms with Gasteiger partial charge in [0.15, 0.2) is 0 Å². The van der Waals surface area contributed by atoms with E-state index in [1.54, 1.807) is 11.3 Å². The molecule has 2 heterocycles. The minimum Gasteiger partial charge on any atom is -0.419 e. The molecule has 0 aliphatic heterocycles. The largest absolute Gasteiger partial charge is 0.419 e. The maximum absolute atomic E-state index is 5.81. The Hall–Kier alpha value is -1.20. The Kier molecular flexibility index (Phi) is 2.83. The van der Waals surface area contributed by atoms with E-state index in [0.717, 1.165) is 17.5 Å². The van der Waals surface area contributed by atoms with Gasteiger partial charge < -0.3 is 10.2 Å². The maximum atomic E-state index is 5.81. The van der Waals surface area contributed by atoms with Gasteiger partial charge in [0.2, 0.25) is 11.8 Å². The molecule has 1 atom stereocenters. The van der Waals surface area contributed by atoms with Crippen molar-refractivity contribution in [2.75, 3.05) is 0 Å². The molecule has 0 aliphatic rings. The van der Waals surface area contributed by atoms with E-state index in [4.69, 9.17) is 10.2 Å². The number of rotatable bonds is 3. The van der Waals surface area contributed by atoms with Gasteiger partial charge >= 0.3 is 0 Å². The summed E-state index contributed by atoms with van der Waals surface area (Å²) in [5.74, 6) is 1.07. The second-order valence-electron chi connectivity index (χ2n) is 3.43. The number of hydrogen-bond acceptors (Lipinski definition) is 5. The number of aryl methyl sites for hydroxylation is 1. The fourth-order valence-corrected chi connectivity index (χ4v) is 2.07. The first-order chi connectivity index (χ1) is 7.22. The molecule has 80 valence electrons. The average molecular weight is 223 g/mol. The van der Waals surface area contributed by atoms with E-state index in [9.17, 15) is 0 Å². The number of aromatic nitrogens is 2. The van der Waals surface area contributed by atoms with Crippen LogP contribution in [0, 0.1) is 6.92 Å². The number of thiophene rings is 1. The Morgan fingerprint density at radius 2 is 2.27 bits per heavy atom. The van der Waals surface area contributed by atoms with Crippen LogP contribution in [0.25, 0.3) is 11.5 Å². The van der Waals surface area contributed by atoms with Crippen LogP contribution < -0.4 is 5.73 Å². The van der Waals surface area contributed by atoms with Crippen molar-refractivity contribution in [3.05, 3.63) is 22.2 Å². The molecule has 0 aromatic carbocycles. The molecule has 5 heteroatoms. The summed E-state index contributed by atoms with van der Waals surface area (Å²) in [4.78, 5) is 0. The van der Waals surface area contributed by atoms with Crippen LogP contribution >= 0.6 is 11.3 Å². The summed E-state index contributed by atoms with van der Waals surface area (Å²) in [6.45, 7) is 4.01. The second-order valence-corrected chi connectivity index (χ2v) is 4.17. The van der Waals surface area contributed by atoms with Crippen LogP contribution in [0.2, 0.25) is 0 Å². The van der Waals surface area contributed by atoms with Crippen molar-refractivity contribution in [1.29, 1.82) is 0 Å². The van der Waals surface area contributed by atoms with Gasteiger partial charge in [0.25, 0.3) is 0 Å². The van der Waals surface area contributed by atoms with E-state index in [2.05, 4.69) is 15.6 Å². The third-order valence-corrected chi connectivity index (χ3v) is 3.15. The first-order valence-electron chi connectivity index (χ1n) is 4.84. The smallest absolute Gasteiger partial charge is 0.248 e. The fraction of sp³-hybridized carbons (Fsp3) is 0.400. The van der Waals surface area contributed by atoms with Gasteiger partial charge in [-0.2, -0.15) is 11.3 Å². The summed E-state index contributed by atoms with van der Waals surface area (Å²) in [5.41, 5.74) is 7.96. The number of hydrogen-bond donors (Lipinski definition) is 1. The lowest BCUT2D eigenvalue weighted by Crippen LogP contribution is -2.08. The first kappa shape index (κ1) is 10.3. The van der Waals surface area contributed by atoms with Crippen molar-refractivity contribution >= 4 is 11.3 Å². The lowest BCUT2D eigenvalue weighted by atomic mass is 10.2. The third kappa shape index (κ3) is 1.93. The fourth-order valence-electron chi connectivity index (χ4n) is 1.25. The molecule has 2 aromatic heterocycles. The van der Waals surface area contributed by atoms with Gasteiger partial charge in [-0.15, -0.1) is 10.2 Å². The van der Waals surface area contributed by atoms with Crippen molar-refractivity contribution in [3.8, 4) is 11.5 Å². The van der Waals surface area contributed by atoms with E-state index in [1.165, 1.54) is 0 Å². The molecule has 2 rings (SSSR count). The van der Waals surface area contributed by atoms with Crippen molar-refractivity contribution in [2.45, 2.75) is 26.3 Å². The van der Waals surface area contributed by atoms with Crippen LogP contribution in [0.5, 0.6) is 0 Å². The van der Waals surface area contributed by atoms with Gasteiger partial charge in [-0.1, -0.05) is 6.92 Å². The highest BCUT2D eigenvalue weighted by molar-refractivity contribution is 7.08. The maximum Gasteiger partial charge on any atom is 0.248 e. The van der Waals surface area contributed by atoms with Crippen LogP contribution in [-0.4, -0.2) is 10.2 Å². The molecule has 2 N–H and O–H groups in total. The zero-order valence-corrected chi connectivity index (χ0v) is 9.54. The highest BCUT2D eigenvalue weighted by Gasteiger charge is 2.15. The Labute approximate surface area is 92.1 Å². The molecule has 1 unspecified atom stereocenters. The van der Waals surface area contributed by atoms with Crippen LogP contribution in [-0.2, 0) is 0 Å². The van der Waals surface area contributed by atoms with Crippen molar-refractivity contribution in [3.63, 3.8) is 0 Å². The third-order valence-electron chi connectivity index (χ3n) is 2.28. The van der Waals surface area contributed by atoms with E-state index in [0.29, 0.717) is 11.8 Å². The van der Waals surface area contributed by atoms with Gasteiger partial charge in [-0.3, -0.25) is 0 Å². The van der Waals surface area contributed by atoms with E-state index in [1.807, 2.05) is 19.2 Å². The van der Waals surface area contributed by atoms with E-state index >= 15 is 0 Å². The average Bonchev–Trinajstić information content (AvgIpc) is 2.84. The highest BCUT2D eigenvalue weighted by atomic mass is 32.1. The molecule has 0 bridgehead atoms. The minimum atomic E-state index is -0.162. The topological polar surface area (TPSA) is 64.9 Å². The SMILES string of the molecule is CCC(N)c1nnc(-c2cscc2C)o1. The Balaban J connectivity index is 2.32. The van der Waals surface area contributed by atoms with Gasteiger partial charge in [-0.05, 0) is 24.3 Å². The molecule has 0 aliphatic carbocycles. The Bertz CT molecular complexity index is 449. The van der Waals surface area contributed by atoms with Gasteiger partial charge in [0.05, 0.1) is 11.6 Å². The quantitative estimate of drug-likeness (QED) is 0.868. The molecule has 0 saturated carbocycles. The summed E-state index contributed by atoms with van der Waals surface area (Å²) < 4.78 is 5.52. The van der Waals surface area contributed by atoms with E-state index < -0.39 is 0 Å². The van der Waals surface area contributed by atoms with Crippen LogP contribution in [0.3, 0.4) is 0 Å². The van der Waals surface area contributed by atoms with Crippen molar-refractivity contribution < 1.29 is 4.42 Å². The molecule has 0 radical (unpaired) electrons. The molecule has 15 heavy (non-hydrogen) atoms. The molecule has 0 amide bonds. The van der Waals surface area contributed by atoms with Gasteiger partial charge in [0.1, 0.15) is 0 Å². The lowest BCUT2D eigenvalue weighted by molar-refractivity contribution is 0.452. The summed E-state index contributed by atoms with van der Waals surface area (Å²) in [7, 11) is 0. The van der Waals surface area contributed by atoms with Crippen molar-refractivity contribution in [1.82, 2.24) is 10.2 Å². The molecule has 0 fully saturated rings. The molecular formula is C10H13N3OS. The summed E-state index contributed by atoms with van der Waals surface area (Å²) in [6.07, 6.45) is 0.796. The van der Waals surface area contributed by atoms with E-state index in [-0.39, 0.29) is 6.04 Å². The van der Waals surface area contributed by atoms with Gasteiger partial charge in [-0.25, -0.2) is 0 Å². The van der Waals surface area contributed by atoms with Crippen molar-refractivity contribution in [2.24, 2.45) is 5.73 Å². The normalized spacial score (nSPS) is 13.0. The molecule has 0 spiro atoms. The molecular weight excluding hydrogens is 210 g/mol. The summed E-state index contributed by atoms with van der Waals surface area (Å²) >= 11 is 1.63. The molecule has 2 aromatic rings. The zero-order valence-electron chi connectivity index (χ0n) is 8.73. The Morgan fingerprint density at radius 3 is 2.87 bits per heavy atom. The minimum absolute atomic E-state index is 0.162. The molecule has 4 nitrogen and oxygen atoms in total. The number of nitrogens with zero attached hydrogens (tertiary/aromatic N) is 2. The zero-order chi connectivity index (χ0) is 10.8. The predicted octanol–water partition coefficient (Wildman–Crippen LogP) is 2.52. The second kappa shape index (κ2) is 4.12. The van der Waals surface area contributed by atoms with Crippen LogP contribution in [0.15, 0.2) is 15.2 Å². The molecule has 0 saturated heterocycles. The van der Waals surface area contributed by atoms with Crippen LogP contribution in [0.1, 0.15) is 30.8 Å². The highest BCUT2D eigenvalue weighted by Crippen LogP contribution is 2.26. The standard InChI is InChI=1S/C10H13N3OS/c1-3-8(11)10-13-12-9(14-10)7-5-15-4-6(7)2/h4-5,8H,3,11H2,1-2H3. The lowest BCUT2D eigenvalue weighted by Gasteiger charge is -2.00. The first-order valence-corrected chi connectivity index (χ1v) is 5.78. The summed E-state index contributed by atoms with van der Waals surface area (Å²) in [5, 5.41) is 12.0. The number of nitrogens with two attached hydrogens (primary N) is 1. The monoisotopic (exact) mass is 223 g/mol. The van der Waals surface area contributed by atoms with Gasteiger partial charge in [0, 0.05) is 5.38 Å². The summed E-state index contributed by atoms with van der Waals surface area (Å²) in [6, 6.07) is -0.162.